The van der Waals surface area contributed by atoms with Crippen molar-refractivity contribution in [1.82, 2.24) is 9.97 Å². The van der Waals surface area contributed by atoms with Crippen LogP contribution in [0, 0.1) is 0 Å². The molecule has 0 atom stereocenters. The second-order valence-corrected chi connectivity index (χ2v) is 20.2. The van der Waals surface area contributed by atoms with E-state index in [4.69, 9.17) is 18.8 Å². The molecule has 2 saturated carbocycles. The number of aromatic nitrogens is 2. The Labute approximate surface area is 395 Å². The molecule has 0 saturated heterocycles. The van der Waals surface area contributed by atoms with Crippen molar-refractivity contribution in [2.75, 3.05) is 0 Å². The Hall–Kier alpha value is -7.56. The highest BCUT2D eigenvalue weighted by molar-refractivity contribution is 6.11. The van der Waals surface area contributed by atoms with E-state index in [2.05, 4.69) is 140 Å². The fourth-order valence-electron chi connectivity index (χ4n) is 13.5. The molecule has 15 rings (SSSR count). The monoisotopic (exact) mass is 876 g/mol. The normalized spacial score (nSPS) is 16.5. The largest absolute Gasteiger partial charge is 0.456 e. The standard InChI is InChI=1S/C64H48N2O2/c1-4-15-39(16-5-1)62-65-56(42-24-27-46-45-18-7-9-22-58(45)67-60(46)35-42)38-57(66-62)48-20-14-19-47-51-33-40(25-28-59(51)68-61(47)48)41-23-26-44-50-37-54-49(36-55(50)64(53(44)34-41)31-12-3-13-32-64)43-17-6-8-21-52(43)63(54)29-10-2-11-30-63/h1,4-9,14-28,33-38H,2-3,10-13,29-32H2. The van der Waals surface area contributed by atoms with Crippen LogP contribution in [0.1, 0.15) is 86.5 Å². The summed E-state index contributed by atoms with van der Waals surface area (Å²) in [6.45, 7) is 0. The molecule has 11 aromatic rings. The van der Waals surface area contributed by atoms with Crippen molar-refractivity contribution in [3.05, 3.63) is 192 Å². The molecule has 0 aliphatic heterocycles. The third kappa shape index (κ3) is 5.49. The fourth-order valence-corrected chi connectivity index (χ4v) is 13.5. The van der Waals surface area contributed by atoms with Crippen molar-refractivity contribution >= 4 is 43.9 Å². The quantitative estimate of drug-likeness (QED) is 0.177. The minimum atomic E-state index is 0.0410. The van der Waals surface area contributed by atoms with Crippen molar-refractivity contribution in [1.29, 1.82) is 0 Å². The molecule has 0 bridgehead atoms. The number of rotatable bonds is 4. The Morgan fingerprint density at radius 2 is 0.926 bits per heavy atom. The average molecular weight is 877 g/mol. The lowest BCUT2D eigenvalue weighted by molar-refractivity contribution is 0.350. The van der Waals surface area contributed by atoms with Gasteiger partial charge in [-0.2, -0.15) is 0 Å². The summed E-state index contributed by atoms with van der Waals surface area (Å²) in [6, 6.07) is 62.3. The molecule has 0 radical (unpaired) electrons. The van der Waals surface area contributed by atoms with Crippen molar-refractivity contribution < 1.29 is 8.83 Å². The van der Waals surface area contributed by atoms with E-state index in [0.29, 0.717) is 5.82 Å². The van der Waals surface area contributed by atoms with E-state index in [1.165, 1.54) is 103 Å². The van der Waals surface area contributed by atoms with Crippen LogP contribution >= 0.6 is 0 Å². The second kappa shape index (κ2) is 14.5. The minimum absolute atomic E-state index is 0.0410. The average Bonchev–Trinajstić information content (AvgIpc) is 4.12. The maximum atomic E-state index is 6.85. The smallest absolute Gasteiger partial charge is 0.160 e. The van der Waals surface area contributed by atoms with Crippen molar-refractivity contribution in [3.63, 3.8) is 0 Å². The predicted molar refractivity (Wildman–Crippen MR) is 277 cm³/mol. The lowest BCUT2D eigenvalue weighted by Gasteiger charge is -2.37. The molecule has 326 valence electrons. The molecule has 8 aromatic carbocycles. The molecule has 0 amide bonds. The first kappa shape index (κ1) is 38.5. The van der Waals surface area contributed by atoms with Crippen LogP contribution in [-0.2, 0) is 10.8 Å². The number of nitrogens with zero attached hydrogens (tertiary/aromatic N) is 2. The van der Waals surface area contributed by atoms with Crippen molar-refractivity contribution in [2.45, 2.75) is 75.0 Å². The van der Waals surface area contributed by atoms with Gasteiger partial charge in [-0.3, -0.25) is 0 Å². The maximum Gasteiger partial charge on any atom is 0.160 e. The van der Waals surface area contributed by atoms with E-state index in [0.717, 1.165) is 72.0 Å². The first-order chi connectivity index (χ1) is 33.6. The van der Waals surface area contributed by atoms with Gasteiger partial charge in [0.1, 0.15) is 22.3 Å². The van der Waals surface area contributed by atoms with Gasteiger partial charge in [-0.25, -0.2) is 9.97 Å². The topological polar surface area (TPSA) is 52.1 Å². The molecule has 4 aliphatic rings. The number of benzene rings is 8. The second-order valence-electron chi connectivity index (χ2n) is 20.2. The van der Waals surface area contributed by atoms with Crippen LogP contribution in [0.5, 0.6) is 0 Å². The van der Waals surface area contributed by atoms with E-state index < -0.39 is 0 Å². The summed E-state index contributed by atoms with van der Waals surface area (Å²) in [6.07, 6.45) is 12.8. The zero-order valence-corrected chi connectivity index (χ0v) is 37.9. The van der Waals surface area contributed by atoms with Crippen LogP contribution in [0.3, 0.4) is 0 Å². The summed E-state index contributed by atoms with van der Waals surface area (Å²) >= 11 is 0. The third-order valence-corrected chi connectivity index (χ3v) is 16.7. The predicted octanol–water partition coefficient (Wildman–Crippen LogP) is 17.4. The lowest BCUT2D eigenvalue weighted by atomic mass is 9.66. The highest BCUT2D eigenvalue weighted by Gasteiger charge is 2.49. The summed E-state index contributed by atoms with van der Waals surface area (Å²) < 4.78 is 13.2. The van der Waals surface area contributed by atoms with Crippen molar-refractivity contribution in [3.8, 4) is 67.3 Å². The highest BCUT2D eigenvalue weighted by Crippen LogP contribution is 2.62. The first-order valence-corrected chi connectivity index (χ1v) is 24.9. The molecule has 2 spiro atoms. The first-order valence-electron chi connectivity index (χ1n) is 24.9. The molecule has 3 heterocycles. The van der Waals surface area contributed by atoms with Crippen LogP contribution in [0.15, 0.2) is 179 Å². The molecule has 0 N–H and O–H groups in total. The molecule has 68 heavy (non-hydrogen) atoms. The van der Waals surface area contributed by atoms with E-state index in [1.54, 1.807) is 16.7 Å². The number of fused-ring (bicyclic) bond motifs is 16. The SMILES string of the molecule is c1ccc(-c2nc(-c3ccc4c(c3)oc3ccccc34)cc(-c3cccc4c3oc3ccc(-c5ccc6c(c5)C5(CCCCC5)c5cc7c(cc5-6)C5(CCCCC5)c5ccccc5-7)cc34)n2)cc1. The van der Waals surface area contributed by atoms with Crippen LogP contribution in [0.2, 0.25) is 0 Å². The number of hydrogen-bond donors (Lipinski definition) is 0. The molecule has 4 nitrogen and oxygen atoms in total. The summed E-state index contributed by atoms with van der Waals surface area (Å²) in [4.78, 5) is 10.4. The van der Waals surface area contributed by atoms with E-state index >= 15 is 0 Å². The molecular weight excluding hydrogens is 829 g/mol. The van der Waals surface area contributed by atoms with Gasteiger partial charge in [0.25, 0.3) is 0 Å². The Kier molecular flexibility index (Phi) is 8.20. The number of para-hydroxylation sites is 2. The molecule has 2 fully saturated rings. The van der Waals surface area contributed by atoms with Gasteiger partial charge >= 0.3 is 0 Å². The fraction of sp³-hybridized carbons (Fsp3) is 0.188. The van der Waals surface area contributed by atoms with Gasteiger partial charge in [-0.1, -0.05) is 148 Å². The Bertz CT molecular complexity index is 3880. The molecule has 0 unspecified atom stereocenters. The zero-order valence-electron chi connectivity index (χ0n) is 37.9. The van der Waals surface area contributed by atoms with Gasteiger partial charge in [0, 0.05) is 49.1 Å². The van der Waals surface area contributed by atoms with Crippen LogP contribution in [0.4, 0.5) is 0 Å². The van der Waals surface area contributed by atoms with Crippen LogP contribution in [-0.4, -0.2) is 9.97 Å². The van der Waals surface area contributed by atoms with Gasteiger partial charge in [-0.15, -0.1) is 0 Å². The third-order valence-electron chi connectivity index (χ3n) is 16.7. The lowest BCUT2D eigenvalue weighted by Crippen LogP contribution is -2.29. The molecule has 4 heteroatoms. The number of furan rings is 2. The van der Waals surface area contributed by atoms with Gasteiger partial charge in [0.2, 0.25) is 0 Å². The van der Waals surface area contributed by atoms with E-state index in [-0.39, 0.29) is 10.8 Å². The molecule has 3 aromatic heterocycles. The highest BCUT2D eigenvalue weighted by atomic mass is 16.3. The Morgan fingerprint density at radius 1 is 0.324 bits per heavy atom. The summed E-state index contributed by atoms with van der Waals surface area (Å²) in [5.41, 5.74) is 22.8. The summed E-state index contributed by atoms with van der Waals surface area (Å²) in [5.74, 6) is 0.663. The Balaban J connectivity index is 0.847. The van der Waals surface area contributed by atoms with Gasteiger partial charge in [0.05, 0.1) is 11.4 Å². The zero-order chi connectivity index (χ0) is 44.6. The molecule has 4 aliphatic carbocycles. The van der Waals surface area contributed by atoms with E-state index in [1.807, 2.05) is 30.3 Å². The maximum absolute atomic E-state index is 6.85. The van der Waals surface area contributed by atoms with Gasteiger partial charge in [-0.05, 0) is 142 Å². The van der Waals surface area contributed by atoms with Gasteiger partial charge in [0.15, 0.2) is 5.82 Å². The summed E-state index contributed by atoms with van der Waals surface area (Å²) in [5, 5.41) is 4.39. The summed E-state index contributed by atoms with van der Waals surface area (Å²) in [7, 11) is 0. The minimum Gasteiger partial charge on any atom is -0.456 e. The van der Waals surface area contributed by atoms with E-state index in [9.17, 15) is 0 Å². The Morgan fingerprint density at radius 3 is 1.75 bits per heavy atom. The molecular formula is C64H48N2O2. The number of hydrogen-bond acceptors (Lipinski definition) is 4. The van der Waals surface area contributed by atoms with Crippen molar-refractivity contribution in [2.24, 2.45) is 0 Å². The van der Waals surface area contributed by atoms with Crippen LogP contribution < -0.4 is 0 Å². The van der Waals surface area contributed by atoms with Crippen LogP contribution in [0.25, 0.3) is 111 Å². The van der Waals surface area contributed by atoms with Gasteiger partial charge < -0.3 is 8.83 Å².